The van der Waals surface area contributed by atoms with E-state index in [2.05, 4.69) is 54.1 Å². The Morgan fingerprint density at radius 3 is 2.61 bits per heavy atom. The average Bonchev–Trinajstić information content (AvgIpc) is 2.80. The van der Waals surface area contributed by atoms with Crippen molar-refractivity contribution in [1.82, 2.24) is 14.7 Å². The maximum atomic E-state index is 12.4. The lowest BCUT2D eigenvalue weighted by Gasteiger charge is -2.49. The molecule has 6 heteroatoms. The highest BCUT2D eigenvalue weighted by Gasteiger charge is 2.42. The molecule has 1 N–H and O–H groups in total. The summed E-state index contributed by atoms with van der Waals surface area (Å²) in [5.41, 5.74) is 2.48. The lowest BCUT2D eigenvalue weighted by atomic mass is 9.86. The van der Waals surface area contributed by atoms with Gasteiger partial charge in [0.25, 0.3) is 0 Å². The number of piperazine rings is 1. The van der Waals surface area contributed by atoms with Crippen molar-refractivity contribution < 1.29 is 14.7 Å². The highest BCUT2D eigenvalue weighted by Crippen LogP contribution is 2.32. The van der Waals surface area contributed by atoms with Crippen molar-refractivity contribution in [3.63, 3.8) is 0 Å². The van der Waals surface area contributed by atoms with Gasteiger partial charge in [-0.3, -0.25) is 19.4 Å². The van der Waals surface area contributed by atoms with E-state index in [4.69, 9.17) is 5.11 Å². The van der Waals surface area contributed by atoms with E-state index in [1.54, 1.807) is 0 Å². The Hall–Kier alpha value is -2.18. The van der Waals surface area contributed by atoms with E-state index in [1.807, 2.05) is 6.07 Å². The maximum absolute atomic E-state index is 12.4. The van der Waals surface area contributed by atoms with Crippen molar-refractivity contribution in [3.05, 3.63) is 41.5 Å². The summed E-state index contributed by atoms with van der Waals surface area (Å²) in [6.07, 6.45) is 4.26. The van der Waals surface area contributed by atoms with Crippen LogP contribution < -0.4 is 0 Å². The molecule has 0 saturated carbocycles. The number of carboxylic acid groups (broad SMARTS) is 1. The Balaban J connectivity index is 1.67. The standard InChI is InChI=1S/C22H31N3O3/c1-18(14-19-6-4-3-5-7-19)15-24-13-12-23(2)22(17-24)9-8-20(26)25(11-10-22)16-21(27)28/h3-7,14H,8-13,15-17H2,1-2H3,(H,27,28)/b18-14+/t22-/m1/s1. The molecule has 0 bridgehead atoms. The molecule has 1 aromatic carbocycles. The second kappa shape index (κ2) is 8.88. The summed E-state index contributed by atoms with van der Waals surface area (Å²) in [7, 11) is 2.14. The van der Waals surface area contributed by atoms with E-state index in [-0.39, 0.29) is 18.0 Å². The maximum Gasteiger partial charge on any atom is 0.323 e. The SMILES string of the molecule is C/C(=C\c1ccccc1)CN1CCN(C)[C@@]2(CCC(=O)N(CC(=O)O)CC2)C1. The quantitative estimate of drug-likeness (QED) is 0.842. The topological polar surface area (TPSA) is 64.1 Å². The van der Waals surface area contributed by atoms with Crippen LogP contribution in [0.2, 0.25) is 0 Å². The van der Waals surface area contributed by atoms with Crippen LogP contribution in [0.25, 0.3) is 6.08 Å². The second-order valence-electron chi connectivity index (χ2n) is 8.22. The predicted molar refractivity (Wildman–Crippen MR) is 110 cm³/mol. The summed E-state index contributed by atoms with van der Waals surface area (Å²) in [6.45, 7) is 6.29. The Labute approximate surface area is 167 Å². The molecule has 1 amide bonds. The lowest BCUT2D eigenvalue weighted by Crippen LogP contribution is -2.61. The van der Waals surface area contributed by atoms with Crippen LogP contribution in [0.1, 0.15) is 31.7 Å². The first kappa shape index (κ1) is 20.6. The number of likely N-dealkylation sites (N-methyl/N-ethyl adjacent to an activating group) is 1. The number of hydrogen-bond donors (Lipinski definition) is 1. The number of amides is 1. The predicted octanol–water partition coefficient (Wildman–Crippen LogP) is 2.17. The van der Waals surface area contributed by atoms with Crippen LogP contribution in [-0.4, -0.2) is 83.5 Å². The first-order valence-corrected chi connectivity index (χ1v) is 10.0. The number of carbonyl (C=O) groups is 2. The highest BCUT2D eigenvalue weighted by atomic mass is 16.4. The molecule has 2 saturated heterocycles. The molecule has 2 aliphatic rings. The molecule has 1 aromatic rings. The van der Waals surface area contributed by atoms with Gasteiger partial charge in [0.15, 0.2) is 0 Å². The Bertz CT molecular complexity index is 734. The van der Waals surface area contributed by atoms with Gasteiger partial charge >= 0.3 is 5.97 Å². The monoisotopic (exact) mass is 385 g/mol. The van der Waals surface area contributed by atoms with E-state index in [0.717, 1.165) is 39.0 Å². The zero-order valence-corrected chi connectivity index (χ0v) is 16.9. The smallest absolute Gasteiger partial charge is 0.323 e. The van der Waals surface area contributed by atoms with Gasteiger partial charge in [-0.1, -0.05) is 42.0 Å². The molecular formula is C22H31N3O3. The zero-order chi connectivity index (χ0) is 20.1. The van der Waals surface area contributed by atoms with E-state index >= 15 is 0 Å². The summed E-state index contributed by atoms with van der Waals surface area (Å²) in [5.74, 6) is -0.977. The third-order valence-corrected chi connectivity index (χ3v) is 6.10. The van der Waals surface area contributed by atoms with Crippen molar-refractivity contribution in [2.45, 2.75) is 31.7 Å². The number of rotatable bonds is 5. The highest BCUT2D eigenvalue weighted by molar-refractivity contribution is 5.81. The third kappa shape index (κ3) is 5.00. The van der Waals surface area contributed by atoms with E-state index in [1.165, 1.54) is 16.0 Å². The molecule has 2 fully saturated rings. The first-order valence-electron chi connectivity index (χ1n) is 10.0. The third-order valence-electron chi connectivity index (χ3n) is 6.10. The van der Waals surface area contributed by atoms with Crippen LogP contribution in [0.15, 0.2) is 35.9 Å². The van der Waals surface area contributed by atoms with Crippen LogP contribution in [0.3, 0.4) is 0 Å². The van der Waals surface area contributed by atoms with Gasteiger partial charge in [0, 0.05) is 44.7 Å². The molecule has 28 heavy (non-hydrogen) atoms. The summed E-state index contributed by atoms with van der Waals surface area (Å²) in [4.78, 5) is 29.8. The van der Waals surface area contributed by atoms with Gasteiger partial charge in [-0.05, 0) is 32.4 Å². The summed E-state index contributed by atoms with van der Waals surface area (Å²) >= 11 is 0. The number of carbonyl (C=O) groups excluding carboxylic acids is 1. The van der Waals surface area contributed by atoms with E-state index in [0.29, 0.717) is 13.0 Å². The molecule has 6 nitrogen and oxygen atoms in total. The number of benzene rings is 1. The molecular weight excluding hydrogens is 354 g/mol. The lowest BCUT2D eigenvalue weighted by molar-refractivity contribution is -0.144. The minimum Gasteiger partial charge on any atom is -0.480 e. The molecule has 3 rings (SSSR count). The summed E-state index contributed by atoms with van der Waals surface area (Å²) in [5, 5.41) is 9.07. The molecule has 2 heterocycles. The van der Waals surface area contributed by atoms with Gasteiger partial charge in [-0.15, -0.1) is 0 Å². The van der Waals surface area contributed by atoms with Crippen LogP contribution in [0.5, 0.6) is 0 Å². The molecule has 0 unspecified atom stereocenters. The van der Waals surface area contributed by atoms with Gasteiger partial charge < -0.3 is 10.0 Å². The second-order valence-corrected chi connectivity index (χ2v) is 8.22. The van der Waals surface area contributed by atoms with Crippen LogP contribution in [0.4, 0.5) is 0 Å². The molecule has 0 radical (unpaired) electrons. The first-order chi connectivity index (χ1) is 13.4. The number of aliphatic carboxylic acids is 1. The van der Waals surface area contributed by atoms with Crippen LogP contribution >= 0.6 is 0 Å². The fourth-order valence-electron chi connectivity index (χ4n) is 4.47. The van der Waals surface area contributed by atoms with Crippen LogP contribution in [0, 0.1) is 0 Å². The molecule has 1 atom stereocenters. The van der Waals surface area contributed by atoms with Gasteiger partial charge in [0.2, 0.25) is 5.91 Å². The van der Waals surface area contributed by atoms with E-state index < -0.39 is 5.97 Å². The van der Waals surface area contributed by atoms with Crippen LogP contribution in [-0.2, 0) is 9.59 Å². The molecule has 0 aliphatic carbocycles. The zero-order valence-electron chi connectivity index (χ0n) is 16.9. The van der Waals surface area contributed by atoms with Gasteiger partial charge in [0.05, 0.1) is 0 Å². The fraction of sp³-hybridized carbons (Fsp3) is 0.545. The Morgan fingerprint density at radius 2 is 1.89 bits per heavy atom. The molecule has 152 valence electrons. The Kier molecular flexibility index (Phi) is 6.52. The molecule has 0 aromatic heterocycles. The number of hydrogen-bond acceptors (Lipinski definition) is 4. The average molecular weight is 386 g/mol. The summed E-state index contributed by atoms with van der Waals surface area (Å²) in [6, 6.07) is 10.4. The van der Waals surface area contributed by atoms with Gasteiger partial charge in [0.1, 0.15) is 6.54 Å². The van der Waals surface area contributed by atoms with Crippen molar-refractivity contribution in [2.75, 3.05) is 46.3 Å². The van der Waals surface area contributed by atoms with Gasteiger partial charge in [-0.25, -0.2) is 0 Å². The fourth-order valence-corrected chi connectivity index (χ4v) is 4.47. The number of nitrogens with zero attached hydrogens (tertiary/aromatic N) is 3. The van der Waals surface area contributed by atoms with Crippen molar-refractivity contribution in [2.24, 2.45) is 0 Å². The number of likely N-dealkylation sites (tertiary alicyclic amines) is 1. The number of carboxylic acids is 1. The minimum absolute atomic E-state index is 0.0371. The molecule has 2 aliphatic heterocycles. The Morgan fingerprint density at radius 1 is 1.14 bits per heavy atom. The normalized spacial score (nSPS) is 25.1. The van der Waals surface area contributed by atoms with Gasteiger partial charge in [-0.2, -0.15) is 0 Å². The van der Waals surface area contributed by atoms with Crippen molar-refractivity contribution >= 4 is 18.0 Å². The largest absolute Gasteiger partial charge is 0.480 e. The molecule has 1 spiro atoms. The minimum atomic E-state index is -0.940. The summed E-state index contributed by atoms with van der Waals surface area (Å²) < 4.78 is 0. The van der Waals surface area contributed by atoms with Crippen molar-refractivity contribution in [3.8, 4) is 0 Å². The van der Waals surface area contributed by atoms with Crippen molar-refractivity contribution in [1.29, 1.82) is 0 Å². The van der Waals surface area contributed by atoms with E-state index in [9.17, 15) is 9.59 Å².